The van der Waals surface area contributed by atoms with Crippen LogP contribution < -0.4 is 0 Å². The van der Waals surface area contributed by atoms with Gasteiger partial charge in [-0.25, -0.2) is 0 Å². The molecule has 0 radical (unpaired) electrons. The third kappa shape index (κ3) is 2.50. The van der Waals surface area contributed by atoms with Gasteiger partial charge in [-0.3, -0.25) is 4.79 Å². The maximum Gasteiger partial charge on any atom is 0.257 e. The van der Waals surface area contributed by atoms with E-state index in [1.54, 1.807) is 6.07 Å². The van der Waals surface area contributed by atoms with Crippen LogP contribution in [0.2, 0.25) is 0 Å². The molecule has 0 spiro atoms. The van der Waals surface area contributed by atoms with Gasteiger partial charge in [-0.05, 0) is 36.8 Å². The molecule has 1 aromatic rings. The van der Waals surface area contributed by atoms with E-state index in [1.807, 2.05) is 24.0 Å². The van der Waals surface area contributed by atoms with Crippen molar-refractivity contribution in [2.75, 3.05) is 13.1 Å². The first-order valence-corrected chi connectivity index (χ1v) is 6.57. The Bertz CT molecular complexity index is 446. The van der Waals surface area contributed by atoms with Crippen molar-refractivity contribution in [3.8, 4) is 5.75 Å². The number of phenolic OH excluding ortho intramolecular Hbond substituents is 1. The third-order valence-corrected chi connectivity index (χ3v) is 3.62. The van der Waals surface area contributed by atoms with Crippen LogP contribution in [0.1, 0.15) is 36.2 Å². The molecule has 1 N–H and O–H groups in total. The Hall–Kier alpha value is -1.51. The van der Waals surface area contributed by atoms with E-state index >= 15 is 0 Å². The molecule has 0 aromatic heterocycles. The van der Waals surface area contributed by atoms with Gasteiger partial charge in [0.15, 0.2) is 0 Å². The first kappa shape index (κ1) is 12.9. The van der Waals surface area contributed by atoms with Crippen molar-refractivity contribution in [3.05, 3.63) is 29.3 Å². The van der Waals surface area contributed by atoms with Crippen LogP contribution >= 0.6 is 0 Å². The summed E-state index contributed by atoms with van der Waals surface area (Å²) in [4.78, 5) is 14.3. The van der Waals surface area contributed by atoms with E-state index < -0.39 is 0 Å². The number of nitrogens with zero attached hydrogens (tertiary/aromatic N) is 1. The Balaban J connectivity index is 2.23. The van der Waals surface area contributed by atoms with Gasteiger partial charge in [-0.2, -0.15) is 0 Å². The summed E-state index contributed by atoms with van der Waals surface area (Å²) in [5.74, 6) is 1.14. The topological polar surface area (TPSA) is 40.5 Å². The molecular formula is C15H21NO2. The maximum atomic E-state index is 12.4. The van der Waals surface area contributed by atoms with E-state index in [1.165, 1.54) is 6.42 Å². The molecule has 1 amide bonds. The number of aromatic hydroxyl groups is 1. The van der Waals surface area contributed by atoms with Gasteiger partial charge in [-0.1, -0.05) is 26.0 Å². The second-order valence-corrected chi connectivity index (χ2v) is 5.63. The van der Waals surface area contributed by atoms with Gasteiger partial charge >= 0.3 is 0 Å². The number of likely N-dealkylation sites (tertiary alicyclic amines) is 1. The zero-order chi connectivity index (χ0) is 13.3. The number of aryl methyl sites for hydroxylation is 1. The minimum absolute atomic E-state index is 0.0467. The quantitative estimate of drug-likeness (QED) is 0.829. The molecular weight excluding hydrogens is 226 g/mol. The number of rotatable bonds is 1. The lowest BCUT2D eigenvalue weighted by molar-refractivity contribution is 0.0620. The van der Waals surface area contributed by atoms with Crippen LogP contribution in [0, 0.1) is 18.8 Å². The van der Waals surface area contributed by atoms with Crippen LogP contribution in [0.15, 0.2) is 18.2 Å². The molecule has 1 aromatic carbocycles. The fourth-order valence-electron chi connectivity index (χ4n) is 2.83. The molecule has 2 rings (SSSR count). The van der Waals surface area contributed by atoms with Crippen molar-refractivity contribution in [1.29, 1.82) is 0 Å². The van der Waals surface area contributed by atoms with E-state index in [0.29, 0.717) is 17.4 Å². The first-order valence-electron chi connectivity index (χ1n) is 6.57. The molecule has 18 heavy (non-hydrogen) atoms. The molecule has 0 saturated carbocycles. The predicted molar refractivity (Wildman–Crippen MR) is 71.7 cm³/mol. The number of carbonyl (C=O) groups is 1. The van der Waals surface area contributed by atoms with Crippen molar-refractivity contribution in [2.45, 2.75) is 27.2 Å². The number of phenols is 1. The van der Waals surface area contributed by atoms with Crippen LogP contribution in [0.25, 0.3) is 0 Å². The zero-order valence-electron chi connectivity index (χ0n) is 11.3. The molecule has 3 nitrogen and oxygen atoms in total. The van der Waals surface area contributed by atoms with Crippen LogP contribution in [0.5, 0.6) is 5.75 Å². The molecule has 1 fully saturated rings. The second-order valence-electron chi connectivity index (χ2n) is 5.63. The molecule has 1 saturated heterocycles. The van der Waals surface area contributed by atoms with E-state index in [0.717, 1.165) is 18.7 Å². The van der Waals surface area contributed by atoms with Gasteiger partial charge in [0.2, 0.25) is 0 Å². The predicted octanol–water partition coefficient (Wildman–Crippen LogP) is 2.82. The standard InChI is InChI=1S/C15H21NO2/c1-10-7-11(2)9-16(8-10)15(18)13-6-4-5-12(3)14(13)17/h4-6,10-11,17H,7-9H2,1-3H3. The van der Waals surface area contributed by atoms with Crippen LogP contribution in [-0.4, -0.2) is 29.0 Å². The highest BCUT2D eigenvalue weighted by Crippen LogP contribution is 2.27. The average molecular weight is 247 g/mol. The number of hydrogen-bond donors (Lipinski definition) is 1. The second kappa shape index (κ2) is 5.01. The molecule has 1 aliphatic heterocycles. The van der Waals surface area contributed by atoms with Gasteiger partial charge in [-0.15, -0.1) is 0 Å². The van der Waals surface area contributed by atoms with Crippen molar-refractivity contribution >= 4 is 5.91 Å². The number of carbonyl (C=O) groups excluding carboxylic acids is 1. The van der Waals surface area contributed by atoms with Crippen molar-refractivity contribution in [3.63, 3.8) is 0 Å². The SMILES string of the molecule is Cc1cccc(C(=O)N2CC(C)CC(C)C2)c1O. The summed E-state index contributed by atoms with van der Waals surface area (Å²) < 4.78 is 0. The van der Waals surface area contributed by atoms with Gasteiger partial charge in [0.1, 0.15) is 5.75 Å². The van der Waals surface area contributed by atoms with E-state index in [-0.39, 0.29) is 11.7 Å². The molecule has 0 bridgehead atoms. The lowest BCUT2D eigenvalue weighted by Gasteiger charge is -2.35. The molecule has 3 heteroatoms. The minimum atomic E-state index is -0.0467. The summed E-state index contributed by atoms with van der Waals surface area (Å²) in [7, 11) is 0. The molecule has 1 heterocycles. The van der Waals surface area contributed by atoms with Crippen molar-refractivity contribution in [2.24, 2.45) is 11.8 Å². The van der Waals surface area contributed by atoms with Gasteiger partial charge in [0.25, 0.3) is 5.91 Å². The number of hydrogen-bond acceptors (Lipinski definition) is 2. The molecule has 2 unspecified atom stereocenters. The normalized spacial score (nSPS) is 24.1. The summed E-state index contributed by atoms with van der Waals surface area (Å²) in [6.45, 7) is 7.73. The monoisotopic (exact) mass is 247 g/mol. The summed E-state index contributed by atoms with van der Waals surface area (Å²) in [6, 6.07) is 5.33. The highest BCUT2D eigenvalue weighted by atomic mass is 16.3. The van der Waals surface area contributed by atoms with E-state index in [9.17, 15) is 9.90 Å². The fraction of sp³-hybridized carbons (Fsp3) is 0.533. The van der Waals surface area contributed by atoms with Crippen LogP contribution in [0.4, 0.5) is 0 Å². The Labute approximate surface area is 108 Å². The number of amides is 1. The number of para-hydroxylation sites is 1. The zero-order valence-corrected chi connectivity index (χ0v) is 11.3. The highest BCUT2D eigenvalue weighted by Gasteiger charge is 2.27. The maximum absolute atomic E-state index is 12.4. The largest absolute Gasteiger partial charge is 0.507 e. The van der Waals surface area contributed by atoms with Crippen molar-refractivity contribution in [1.82, 2.24) is 4.90 Å². The Kier molecular flexibility index (Phi) is 3.60. The molecule has 2 atom stereocenters. The lowest BCUT2D eigenvalue weighted by atomic mass is 9.91. The molecule has 1 aliphatic rings. The highest BCUT2D eigenvalue weighted by molar-refractivity contribution is 5.97. The summed E-state index contributed by atoms with van der Waals surface area (Å²) in [5.41, 5.74) is 1.18. The lowest BCUT2D eigenvalue weighted by Crippen LogP contribution is -2.42. The number of benzene rings is 1. The Morgan fingerprint density at radius 2 is 1.89 bits per heavy atom. The molecule has 0 aliphatic carbocycles. The first-order chi connectivity index (χ1) is 8.49. The van der Waals surface area contributed by atoms with Gasteiger partial charge in [0, 0.05) is 13.1 Å². The van der Waals surface area contributed by atoms with Crippen LogP contribution in [-0.2, 0) is 0 Å². The minimum Gasteiger partial charge on any atom is -0.507 e. The van der Waals surface area contributed by atoms with Crippen molar-refractivity contribution < 1.29 is 9.90 Å². The summed E-state index contributed by atoms with van der Waals surface area (Å²) in [5, 5.41) is 9.98. The molecule has 98 valence electrons. The van der Waals surface area contributed by atoms with E-state index in [4.69, 9.17) is 0 Å². The van der Waals surface area contributed by atoms with Crippen LogP contribution in [0.3, 0.4) is 0 Å². The summed E-state index contributed by atoms with van der Waals surface area (Å²) >= 11 is 0. The Morgan fingerprint density at radius 1 is 1.28 bits per heavy atom. The summed E-state index contributed by atoms with van der Waals surface area (Å²) in [6.07, 6.45) is 1.17. The average Bonchev–Trinajstić information content (AvgIpc) is 2.30. The smallest absolute Gasteiger partial charge is 0.257 e. The van der Waals surface area contributed by atoms with Gasteiger partial charge in [0.05, 0.1) is 5.56 Å². The number of piperidine rings is 1. The van der Waals surface area contributed by atoms with E-state index in [2.05, 4.69) is 13.8 Å². The fourth-order valence-corrected chi connectivity index (χ4v) is 2.83. The van der Waals surface area contributed by atoms with Gasteiger partial charge < -0.3 is 10.0 Å². The third-order valence-electron chi connectivity index (χ3n) is 3.62. The Morgan fingerprint density at radius 3 is 2.50 bits per heavy atom.